The molecule has 2 atom stereocenters. The number of nitrogens with one attached hydrogen (secondary N) is 1. The Kier molecular flexibility index (Phi) is 12.1. The Morgan fingerprint density at radius 3 is 2.29 bits per heavy atom. The summed E-state index contributed by atoms with van der Waals surface area (Å²) >= 11 is 0. The number of anilines is 1. The molecule has 0 heterocycles. The Labute approximate surface area is 148 Å². The molecule has 0 saturated carbocycles. The minimum absolute atomic E-state index is 0.205. The Hall–Kier alpha value is -1.32. The highest BCUT2D eigenvalue weighted by molar-refractivity contribution is 5.40. The first-order chi connectivity index (χ1) is 11.8. The van der Waals surface area contributed by atoms with Crippen LogP contribution in [0.5, 0.6) is 0 Å². The molecule has 0 unspecified atom stereocenters. The van der Waals surface area contributed by atoms with Gasteiger partial charge in [-0.2, -0.15) is 0 Å². The summed E-state index contributed by atoms with van der Waals surface area (Å²) in [5, 5.41) is 10.3. The molecular weight excluding hydrogens is 298 g/mol. The van der Waals surface area contributed by atoms with Crippen molar-refractivity contribution in [3.05, 3.63) is 43.0 Å². The largest absolute Gasteiger partial charge is 0.390 e. The van der Waals surface area contributed by atoms with E-state index in [0.29, 0.717) is 6.42 Å². The van der Waals surface area contributed by atoms with Crippen LogP contribution in [-0.4, -0.2) is 17.3 Å². The average molecular weight is 334 g/mol. The third-order valence-electron chi connectivity index (χ3n) is 4.28. The molecule has 0 radical (unpaired) electrons. The zero-order valence-electron chi connectivity index (χ0n) is 15.3. The molecule has 136 valence electrons. The number of aliphatic hydroxyl groups is 1. The molecule has 0 aliphatic carbocycles. The smallest absolute Gasteiger partial charge is 0.111 e. The molecule has 1 aromatic rings. The van der Waals surface area contributed by atoms with Crippen molar-refractivity contribution in [2.45, 2.75) is 83.3 Å². The molecule has 2 N–H and O–H groups in total. The topological polar surface area (TPSA) is 41.5 Å². The number of unbranched alkanes of at least 4 members (excludes halogenated alkanes) is 7. The molecule has 1 aromatic carbocycles. The first-order valence-corrected chi connectivity index (χ1v) is 9.53. The van der Waals surface area contributed by atoms with Crippen molar-refractivity contribution in [1.82, 2.24) is 0 Å². The van der Waals surface area contributed by atoms with Gasteiger partial charge in [0.25, 0.3) is 0 Å². The van der Waals surface area contributed by atoms with E-state index in [4.69, 9.17) is 4.84 Å². The Bertz CT molecular complexity index is 408. The lowest BCUT2D eigenvalue weighted by Crippen LogP contribution is -2.30. The predicted molar refractivity (Wildman–Crippen MR) is 103 cm³/mol. The molecule has 0 aliphatic rings. The molecule has 0 fully saturated rings. The normalized spacial score (nSPS) is 13.4. The predicted octanol–water partition coefficient (Wildman–Crippen LogP) is 5.87. The molecule has 24 heavy (non-hydrogen) atoms. The van der Waals surface area contributed by atoms with E-state index in [1.165, 1.54) is 44.9 Å². The van der Waals surface area contributed by atoms with Crippen LogP contribution in [0, 0.1) is 0 Å². The summed E-state index contributed by atoms with van der Waals surface area (Å²) in [5.41, 5.74) is 3.87. The van der Waals surface area contributed by atoms with Crippen molar-refractivity contribution in [2.24, 2.45) is 0 Å². The van der Waals surface area contributed by atoms with Gasteiger partial charge in [0.2, 0.25) is 0 Å². The van der Waals surface area contributed by atoms with Crippen LogP contribution in [0.3, 0.4) is 0 Å². The van der Waals surface area contributed by atoms with Gasteiger partial charge < -0.3 is 5.11 Å². The number of rotatable bonds is 15. The van der Waals surface area contributed by atoms with Crippen molar-refractivity contribution in [3.8, 4) is 0 Å². The van der Waals surface area contributed by atoms with Crippen LogP contribution in [0.1, 0.15) is 71.1 Å². The van der Waals surface area contributed by atoms with Gasteiger partial charge in [0.05, 0.1) is 11.8 Å². The van der Waals surface area contributed by atoms with Gasteiger partial charge in [-0.15, -0.1) is 6.58 Å². The molecule has 0 spiro atoms. The summed E-state index contributed by atoms with van der Waals surface area (Å²) in [6.45, 7) is 5.96. The highest BCUT2D eigenvalue weighted by Gasteiger charge is 2.19. The minimum atomic E-state index is -0.511. The first kappa shape index (κ1) is 20.7. The molecule has 0 aromatic heterocycles. The van der Waals surface area contributed by atoms with E-state index in [-0.39, 0.29) is 6.10 Å². The van der Waals surface area contributed by atoms with Crippen molar-refractivity contribution in [2.75, 3.05) is 5.48 Å². The number of hydrogen-bond acceptors (Lipinski definition) is 3. The maximum Gasteiger partial charge on any atom is 0.111 e. The fraction of sp³-hybridized carbons (Fsp3) is 0.619. The van der Waals surface area contributed by atoms with Crippen molar-refractivity contribution >= 4 is 5.69 Å². The maximum absolute atomic E-state index is 10.3. The van der Waals surface area contributed by atoms with Crippen LogP contribution in [0.15, 0.2) is 43.0 Å². The van der Waals surface area contributed by atoms with Gasteiger partial charge in [-0.1, -0.05) is 82.6 Å². The molecule has 0 amide bonds. The number of benzene rings is 1. The van der Waals surface area contributed by atoms with Crippen molar-refractivity contribution in [3.63, 3.8) is 0 Å². The fourth-order valence-corrected chi connectivity index (χ4v) is 2.78. The van der Waals surface area contributed by atoms with E-state index in [0.717, 1.165) is 18.5 Å². The van der Waals surface area contributed by atoms with Crippen LogP contribution in [0.2, 0.25) is 0 Å². The van der Waals surface area contributed by atoms with Crippen LogP contribution >= 0.6 is 0 Å². The van der Waals surface area contributed by atoms with Gasteiger partial charge >= 0.3 is 0 Å². The molecule has 3 heteroatoms. The van der Waals surface area contributed by atoms with Gasteiger partial charge in [-0.25, -0.2) is 0 Å². The summed E-state index contributed by atoms with van der Waals surface area (Å²) < 4.78 is 0. The molecule has 1 rings (SSSR count). The van der Waals surface area contributed by atoms with Gasteiger partial charge in [-0.05, 0) is 25.0 Å². The maximum atomic E-state index is 10.3. The molecule has 0 bridgehead atoms. The van der Waals surface area contributed by atoms with E-state index in [2.05, 4.69) is 19.0 Å². The lowest BCUT2D eigenvalue weighted by Gasteiger charge is -2.22. The van der Waals surface area contributed by atoms with Crippen LogP contribution < -0.4 is 5.48 Å². The second kappa shape index (κ2) is 14.1. The minimum Gasteiger partial charge on any atom is -0.390 e. The van der Waals surface area contributed by atoms with Gasteiger partial charge in [0.1, 0.15) is 6.10 Å². The third-order valence-corrected chi connectivity index (χ3v) is 4.28. The van der Waals surface area contributed by atoms with Gasteiger partial charge in [0, 0.05) is 0 Å². The number of hydrogen-bond donors (Lipinski definition) is 2. The van der Waals surface area contributed by atoms with E-state index < -0.39 is 6.10 Å². The van der Waals surface area contributed by atoms with E-state index in [9.17, 15) is 5.11 Å². The Balaban J connectivity index is 2.25. The number of para-hydroxylation sites is 1. The first-order valence-electron chi connectivity index (χ1n) is 9.53. The summed E-state index contributed by atoms with van der Waals surface area (Å²) in [5.74, 6) is 0. The lowest BCUT2D eigenvalue weighted by molar-refractivity contribution is -0.0167. The summed E-state index contributed by atoms with van der Waals surface area (Å²) in [7, 11) is 0. The summed E-state index contributed by atoms with van der Waals surface area (Å²) in [6.07, 6.45) is 12.7. The zero-order chi connectivity index (χ0) is 17.5. The van der Waals surface area contributed by atoms with Gasteiger partial charge in [-0.3, -0.25) is 10.3 Å². The summed E-state index contributed by atoms with van der Waals surface area (Å²) in [4.78, 5) is 5.75. The van der Waals surface area contributed by atoms with Crippen LogP contribution in [0.25, 0.3) is 0 Å². The SMILES string of the molecule is C=CC[C@H](O)[C@H](CCCCCCCCCC)ONc1ccccc1. The third kappa shape index (κ3) is 9.74. The second-order valence-electron chi connectivity index (χ2n) is 6.48. The Morgan fingerprint density at radius 1 is 1.04 bits per heavy atom. The average Bonchev–Trinajstić information content (AvgIpc) is 2.61. The fourth-order valence-electron chi connectivity index (χ4n) is 2.78. The monoisotopic (exact) mass is 333 g/mol. The molecular formula is C21H35NO2. The highest BCUT2D eigenvalue weighted by Crippen LogP contribution is 2.17. The molecule has 0 aliphatic heterocycles. The zero-order valence-corrected chi connectivity index (χ0v) is 15.3. The van der Waals surface area contributed by atoms with Crippen LogP contribution in [0.4, 0.5) is 5.69 Å². The van der Waals surface area contributed by atoms with E-state index in [1.807, 2.05) is 30.3 Å². The molecule has 3 nitrogen and oxygen atoms in total. The van der Waals surface area contributed by atoms with Crippen molar-refractivity contribution < 1.29 is 9.94 Å². The quantitative estimate of drug-likeness (QED) is 0.240. The Morgan fingerprint density at radius 2 is 1.67 bits per heavy atom. The highest BCUT2D eigenvalue weighted by atomic mass is 16.7. The van der Waals surface area contributed by atoms with E-state index in [1.54, 1.807) is 6.08 Å². The van der Waals surface area contributed by atoms with Gasteiger partial charge in [0.15, 0.2) is 0 Å². The lowest BCUT2D eigenvalue weighted by atomic mass is 10.0. The molecule has 0 saturated heterocycles. The van der Waals surface area contributed by atoms with Crippen molar-refractivity contribution in [1.29, 1.82) is 0 Å². The summed E-state index contributed by atoms with van der Waals surface area (Å²) in [6, 6.07) is 9.79. The number of aliphatic hydroxyl groups excluding tert-OH is 1. The van der Waals surface area contributed by atoms with E-state index >= 15 is 0 Å². The second-order valence-corrected chi connectivity index (χ2v) is 6.48. The van der Waals surface area contributed by atoms with Crippen LogP contribution in [-0.2, 0) is 4.84 Å². The standard InChI is InChI=1S/C21H35NO2/c1-3-5-6-7-8-9-10-14-18-21(20(23)15-4-2)24-22-19-16-12-11-13-17-19/h4,11-13,16-17,20-23H,2-3,5-10,14-15,18H2,1H3/t20-,21-/m0/s1.